The van der Waals surface area contributed by atoms with Crippen LogP contribution < -0.4 is 16.0 Å². The molecule has 3 N–H and O–H groups in total. The third-order valence-electron chi connectivity index (χ3n) is 9.51. The first-order valence-electron chi connectivity index (χ1n) is 17.8. The van der Waals surface area contributed by atoms with Crippen molar-refractivity contribution in [3.63, 3.8) is 0 Å². The summed E-state index contributed by atoms with van der Waals surface area (Å²) in [7, 11) is 11.8. The van der Waals surface area contributed by atoms with E-state index in [1.54, 1.807) is 6.92 Å². The molecule has 15 atom stereocenters. The summed E-state index contributed by atoms with van der Waals surface area (Å²) in [5.41, 5.74) is 0. The summed E-state index contributed by atoms with van der Waals surface area (Å²) in [6, 6.07) is -0.639. The van der Waals surface area contributed by atoms with Gasteiger partial charge in [0.25, 0.3) is 0 Å². The van der Waals surface area contributed by atoms with Gasteiger partial charge < -0.3 is 77.5 Å². The van der Waals surface area contributed by atoms with E-state index in [-0.39, 0.29) is 47.8 Å². The molecule has 324 valence electrons. The summed E-state index contributed by atoms with van der Waals surface area (Å²) in [5.74, 6) is -1.31. The monoisotopic (exact) mass is 891 g/mol. The molecule has 3 rings (SSSR count). The van der Waals surface area contributed by atoms with Gasteiger partial charge in [0.2, 0.25) is 17.7 Å². The molecule has 0 aromatic carbocycles. The number of hydrogen-bond donors (Lipinski definition) is 3. The maximum atomic E-state index is 12.8. The van der Waals surface area contributed by atoms with Crippen LogP contribution in [0.25, 0.3) is 0 Å². The topological polar surface area (TPSA) is 224 Å². The van der Waals surface area contributed by atoms with Crippen molar-refractivity contribution in [1.29, 1.82) is 0 Å². The van der Waals surface area contributed by atoms with E-state index in [0.29, 0.717) is 0 Å². The fraction of sp³-hybridized carbons (Fsp3) is 0.882. The van der Waals surface area contributed by atoms with Crippen molar-refractivity contribution in [3.8, 4) is 0 Å². The molecule has 0 spiro atoms. The Bertz CT molecular complexity index is 1250. The van der Waals surface area contributed by atoms with Gasteiger partial charge in [0.1, 0.15) is 61.0 Å². The van der Waals surface area contributed by atoms with E-state index in [9.17, 15) is 19.2 Å². The number of methoxy groups -OCH3 is 8. The van der Waals surface area contributed by atoms with E-state index >= 15 is 0 Å². The Morgan fingerprint density at radius 1 is 0.607 bits per heavy atom. The smallest absolute Gasteiger partial charge is 0.241 e. The molecule has 3 aliphatic rings. The van der Waals surface area contributed by atoms with Gasteiger partial charge in [-0.1, -0.05) is 27.7 Å². The number of carbonyl (C=O) groups excluding carboxylic acids is 4. The van der Waals surface area contributed by atoms with Crippen LogP contribution >= 0.6 is 27.7 Å². The molecule has 0 saturated carbocycles. The van der Waals surface area contributed by atoms with E-state index in [1.165, 1.54) is 63.8 Å². The zero-order valence-corrected chi connectivity index (χ0v) is 35.8. The number of ether oxygens (including phenoxy) is 13. The molecule has 0 radical (unpaired) electrons. The number of amides is 3. The average molecular weight is 893 g/mol. The van der Waals surface area contributed by atoms with Crippen molar-refractivity contribution in [2.75, 3.05) is 87.7 Å². The highest BCUT2D eigenvalue weighted by Crippen LogP contribution is 2.36. The second kappa shape index (κ2) is 24.5. The molecule has 0 aromatic rings. The minimum absolute atomic E-state index is 0.0201. The number of carbonyl (C=O) groups is 4. The quantitative estimate of drug-likeness (QED) is 0.114. The maximum Gasteiger partial charge on any atom is 0.241 e. The number of halogens is 1. The Morgan fingerprint density at radius 3 is 1.61 bits per heavy atom. The summed E-state index contributed by atoms with van der Waals surface area (Å²) in [6.07, 6.45) is -12.3. The summed E-state index contributed by atoms with van der Waals surface area (Å²) >= 11 is 3.94. The first-order chi connectivity index (χ1) is 26.9. The Balaban J connectivity index is 1.86. The van der Waals surface area contributed by atoms with Crippen LogP contribution in [-0.2, 0) is 80.8 Å². The van der Waals surface area contributed by atoms with Gasteiger partial charge >= 0.3 is 0 Å². The van der Waals surface area contributed by atoms with E-state index in [1.807, 2.05) is 0 Å². The molecule has 22 heteroatoms. The lowest BCUT2D eigenvalue weighted by Crippen LogP contribution is -2.69. The summed E-state index contributed by atoms with van der Waals surface area (Å²) in [6.45, 7) is 2.91. The lowest BCUT2D eigenvalue weighted by Gasteiger charge is -2.51. The Kier molecular flexibility index (Phi) is 21.3. The van der Waals surface area contributed by atoms with Crippen molar-refractivity contribution in [1.82, 2.24) is 16.0 Å². The van der Waals surface area contributed by atoms with Crippen LogP contribution in [0.2, 0.25) is 0 Å². The van der Waals surface area contributed by atoms with Crippen molar-refractivity contribution in [3.05, 3.63) is 0 Å². The molecule has 3 amide bonds. The normalized spacial score (nSPS) is 36.1. The number of nitrogens with one attached hydrogen (secondary N) is 3. The second-order valence-electron chi connectivity index (χ2n) is 13.0. The third-order valence-corrected chi connectivity index (χ3v) is 10.8. The summed E-state index contributed by atoms with van der Waals surface area (Å²) in [5, 5.41) is 7.98. The molecule has 0 aliphatic carbocycles. The SMILES string of the molecule is COCC1OC(NC(=O)CNC(=O)CBr)C(OC)[C@H](OC)[C@H]1O[C@@H]1OC(COC)[C@H](O[C@@H]2OC(C)[C@@H](NC(=O)CSC(C)=O)[C@@H](OC)C2OC)[C@@H](OC)C1OC. The van der Waals surface area contributed by atoms with E-state index in [0.717, 1.165) is 11.8 Å². The molecule has 20 nitrogen and oxygen atoms in total. The third kappa shape index (κ3) is 12.7. The van der Waals surface area contributed by atoms with Gasteiger partial charge in [-0.25, -0.2) is 0 Å². The van der Waals surface area contributed by atoms with Crippen LogP contribution in [0.1, 0.15) is 13.8 Å². The second-order valence-corrected chi connectivity index (χ2v) is 14.7. The Labute approximate surface area is 340 Å². The standard InChI is InChI=1S/C34H58BrN3O17S/c1-16-23(37-22(42)15-56-17(2)39)26(45-5)30(49-9)33(51-16)54-25-19(14-44-4)53-34(31(50-10)28(25)47-7)55-24-18(13-43-3)52-32(29(48-8)27(24)46-6)38-21(41)12-36-20(40)11-35/h16,18-19,23-34H,11-15H2,1-10H3,(H,36,40)(H,37,42)(H,38,41)/t16?,18?,19?,23-,24+,25+,26-,27-,28-,29?,30?,31?,32?,33+,34+/m1/s1. The lowest BCUT2D eigenvalue weighted by atomic mass is 9.94. The first-order valence-corrected chi connectivity index (χ1v) is 19.9. The van der Waals surface area contributed by atoms with Gasteiger partial charge in [0.15, 0.2) is 23.9 Å². The highest BCUT2D eigenvalue weighted by Gasteiger charge is 2.55. The molecule has 0 bridgehead atoms. The van der Waals surface area contributed by atoms with Crippen LogP contribution in [0, 0.1) is 0 Å². The van der Waals surface area contributed by atoms with Crippen molar-refractivity contribution in [2.24, 2.45) is 0 Å². The highest BCUT2D eigenvalue weighted by molar-refractivity contribution is 9.09. The Hall–Kier alpha value is -1.61. The lowest BCUT2D eigenvalue weighted by molar-refractivity contribution is -0.374. The van der Waals surface area contributed by atoms with E-state index < -0.39 is 97.9 Å². The number of hydrogen-bond acceptors (Lipinski definition) is 18. The molecule has 3 saturated heterocycles. The fourth-order valence-electron chi connectivity index (χ4n) is 6.96. The number of alkyl halides is 1. The van der Waals surface area contributed by atoms with Gasteiger partial charge in [-0.3, -0.25) is 19.2 Å². The van der Waals surface area contributed by atoms with Crippen LogP contribution in [0.4, 0.5) is 0 Å². The minimum Gasteiger partial charge on any atom is -0.382 e. The zero-order chi connectivity index (χ0) is 41.5. The van der Waals surface area contributed by atoms with Gasteiger partial charge in [-0.15, -0.1) is 0 Å². The molecule has 3 fully saturated rings. The molecule has 3 aliphatic heterocycles. The highest BCUT2D eigenvalue weighted by atomic mass is 79.9. The first kappa shape index (κ1) is 48.8. The molecule has 0 aromatic heterocycles. The Morgan fingerprint density at radius 2 is 1.11 bits per heavy atom. The number of thioether (sulfide) groups is 1. The van der Waals surface area contributed by atoms with Crippen LogP contribution in [0.3, 0.4) is 0 Å². The fourth-order valence-corrected chi connectivity index (χ4v) is 7.58. The van der Waals surface area contributed by atoms with Crippen molar-refractivity contribution >= 4 is 50.5 Å². The molecule has 7 unspecified atom stereocenters. The molecule has 3 heterocycles. The predicted molar refractivity (Wildman–Crippen MR) is 200 cm³/mol. The van der Waals surface area contributed by atoms with Crippen molar-refractivity contribution in [2.45, 2.75) is 106 Å². The van der Waals surface area contributed by atoms with Gasteiger partial charge in [0, 0.05) is 63.8 Å². The number of rotatable bonds is 21. The average Bonchev–Trinajstić information content (AvgIpc) is 3.18. The summed E-state index contributed by atoms with van der Waals surface area (Å²) in [4.78, 5) is 48.6. The molecule has 56 heavy (non-hydrogen) atoms. The largest absolute Gasteiger partial charge is 0.382 e. The molecular formula is C34H58BrN3O17S. The summed E-state index contributed by atoms with van der Waals surface area (Å²) < 4.78 is 78.7. The maximum absolute atomic E-state index is 12.8. The molecular weight excluding hydrogens is 834 g/mol. The van der Waals surface area contributed by atoms with Gasteiger partial charge in [-0.05, 0) is 6.92 Å². The van der Waals surface area contributed by atoms with Gasteiger partial charge in [-0.2, -0.15) is 0 Å². The van der Waals surface area contributed by atoms with E-state index in [2.05, 4.69) is 31.9 Å². The van der Waals surface area contributed by atoms with Gasteiger partial charge in [0.05, 0.1) is 43.0 Å². The minimum atomic E-state index is -1.12. The van der Waals surface area contributed by atoms with Crippen LogP contribution in [0.5, 0.6) is 0 Å². The van der Waals surface area contributed by atoms with Crippen molar-refractivity contribution < 1.29 is 80.8 Å². The predicted octanol–water partition coefficient (Wildman–Crippen LogP) is -1.27. The van der Waals surface area contributed by atoms with E-state index in [4.69, 9.17) is 61.6 Å². The zero-order valence-electron chi connectivity index (χ0n) is 33.4. The van der Waals surface area contributed by atoms with Crippen LogP contribution in [-0.4, -0.2) is 203 Å². The van der Waals surface area contributed by atoms with Crippen LogP contribution in [0.15, 0.2) is 0 Å².